The largest absolute Gasteiger partial charge is 0.503 e. The van der Waals surface area contributed by atoms with Crippen molar-refractivity contribution in [3.8, 4) is 0 Å². The SMILES string of the molecule is O=C(C1=C(O)C(=O)N(c2nnc(SCc3ccccc3)s2)[C@H]1c1cccs1)c1cc2ccccc2o1. The highest BCUT2D eigenvalue weighted by Crippen LogP contribution is 2.45. The number of hydrogen-bond donors (Lipinski definition) is 1. The number of ketones is 1. The van der Waals surface area contributed by atoms with E-state index in [1.54, 1.807) is 12.1 Å². The molecule has 0 spiro atoms. The fraction of sp³-hybridized carbons (Fsp3) is 0.0769. The number of anilines is 1. The van der Waals surface area contributed by atoms with E-state index in [-0.39, 0.29) is 11.3 Å². The van der Waals surface area contributed by atoms with Gasteiger partial charge in [0.15, 0.2) is 15.9 Å². The van der Waals surface area contributed by atoms with Crippen LogP contribution in [0.2, 0.25) is 0 Å². The van der Waals surface area contributed by atoms with E-state index >= 15 is 0 Å². The van der Waals surface area contributed by atoms with Gasteiger partial charge in [0, 0.05) is 16.0 Å². The summed E-state index contributed by atoms with van der Waals surface area (Å²) in [4.78, 5) is 29.0. The number of benzene rings is 2. The fourth-order valence-corrected chi connectivity index (χ4v) is 6.70. The number of carbonyl (C=O) groups excluding carboxylic acids is 2. The molecule has 2 aromatic carbocycles. The molecule has 0 aliphatic carbocycles. The van der Waals surface area contributed by atoms with Crippen LogP contribution >= 0.6 is 34.4 Å². The van der Waals surface area contributed by atoms with E-state index in [9.17, 15) is 14.7 Å². The first kappa shape index (κ1) is 22.7. The van der Waals surface area contributed by atoms with Gasteiger partial charge in [-0.15, -0.1) is 21.5 Å². The summed E-state index contributed by atoms with van der Waals surface area (Å²) >= 11 is 4.15. The smallest absolute Gasteiger partial charge is 0.296 e. The number of Topliss-reactive ketones (excluding diaryl/α,β-unsaturated/α-hetero) is 1. The van der Waals surface area contributed by atoms with Gasteiger partial charge in [0.05, 0.1) is 5.57 Å². The summed E-state index contributed by atoms with van der Waals surface area (Å²) in [5.74, 6) is -1.07. The molecule has 5 aromatic rings. The van der Waals surface area contributed by atoms with Crippen molar-refractivity contribution >= 4 is 62.2 Å². The van der Waals surface area contributed by atoms with Crippen molar-refractivity contribution in [1.29, 1.82) is 0 Å². The molecule has 1 aliphatic heterocycles. The summed E-state index contributed by atoms with van der Waals surface area (Å²) < 4.78 is 6.44. The number of aromatic nitrogens is 2. The number of hydrogen-bond acceptors (Lipinski definition) is 9. The zero-order valence-corrected chi connectivity index (χ0v) is 21.0. The van der Waals surface area contributed by atoms with Gasteiger partial charge in [0.25, 0.3) is 5.91 Å². The number of aliphatic hydroxyl groups excluding tert-OH is 1. The number of rotatable bonds is 7. The maximum atomic E-state index is 13.6. The molecular formula is C26H17N3O4S3. The first-order chi connectivity index (χ1) is 17.6. The van der Waals surface area contributed by atoms with E-state index in [0.717, 1.165) is 15.8 Å². The third-order valence-electron chi connectivity index (χ3n) is 5.72. The molecule has 1 aliphatic rings. The Hall–Kier alpha value is -3.73. The Balaban J connectivity index is 1.34. The molecule has 0 bridgehead atoms. The lowest BCUT2D eigenvalue weighted by Crippen LogP contribution is -2.30. The fourth-order valence-electron chi connectivity index (χ4n) is 4.05. The lowest BCUT2D eigenvalue weighted by atomic mass is 10.0. The van der Waals surface area contributed by atoms with Gasteiger partial charge in [-0.05, 0) is 29.1 Å². The van der Waals surface area contributed by atoms with Crippen LogP contribution in [0.5, 0.6) is 0 Å². The molecule has 1 atom stereocenters. The molecule has 4 heterocycles. The van der Waals surface area contributed by atoms with Crippen LogP contribution < -0.4 is 4.90 Å². The molecule has 1 N–H and O–H groups in total. The Kier molecular flexibility index (Phi) is 5.92. The standard InChI is InChI=1S/C26H17N3O4S3/c30-22(18-13-16-9-4-5-10-17(16)33-18)20-21(19-11-6-12-34-19)29(24(32)23(20)31)25-27-28-26(36-25)35-14-15-7-2-1-3-8-15/h1-13,21,31H,14H2/t21-/m0/s1. The number of amides is 1. The van der Waals surface area contributed by atoms with Crippen molar-refractivity contribution in [3.63, 3.8) is 0 Å². The zero-order valence-electron chi connectivity index (χ0n) is 18.5. The maximum Gasteiger partial charge on any atom is 0.296 e. The molecule has 0 radical (unpaired) electrons. The van der Waals surface area contributed by atoms with Gasteiger partial charge in [-0.1, -0.05) is 77.7 Å². The van der Waals surface area contributed by atoms with E-state index in [2.05, 4.69) is 10.2 Å². The normalized spacial score (nSPS) is 15.8. The van der Waals surface area contributed by atoms with Crippen LogP contribution in [0.25, 0.3) is 11.0 Å². The highest BCUT2D eigenvalue weighted by atomic mass is 32.2. The second-order valence-electron chi connectivity index (χ2n) is 7.96. The lowest BCUT2D eigenvalue weighted by Gasteiger charge is -2.22. The third-order valence-corrected chi connectivity index (χ3v) is 8.77. The Morgan fingerprint density at radius 2 is 1.86 bits per heavy atom. The monoisotopic (exact) mass is 531 g/mol. The molecule has 0 saturated carbocycles. The van der Waals surface area contributed by atoms with E-state index in [1.807, 2.05) is 66.0 Å². The topological polar surface area (TPSA) is 96.5 Å². The van der Waals surface area contributed by atoms with Crippen molar-refractivity contribution in [2.45, 2.75) is 16.1 Å². The van der Waals surface area contributed by atoms with Crippen LogP contribution in [0.15, 0.2) is 98.3 Å². The Labute approximate surface area is 217 Å². The summed E-state index contributed by atoms with van der Waals surface area (Å²) in [6.45, 7) is 0. The van der Waals surface area contributed by atoms with Crippen molar-refractivity contribution in [2.24, 2.45) is 0 Å². The molecule has 10 heteroatoms. The predicted molar refractivity (Wildman–Crippen MR) is 141 cm³/mol. The molecule has 0 saturated heterocycles. The van der Waals surface area contributed by atoms with Gasteiger partial charge >= 0.3 is 0 Å². The second-order valence-corrected chi connectivity index (χ2v) is 11.1. The number of fused-ring (bicyclic) bond motifs is 1. The van der Waals surface area contributed by atoms with E-state index in [4.69, 9.17) is 4.42 Å². The Morgan fingerprint density at radius 3 is 2.64 bits per heavy atom. The number of thiophene rings is 1. The van der Waals surface area contributed by atoms with Crippen LogP contribution in [-0.4, -0.2) is 27.0 Å². The van der Waals surface area contributed by atoms with Crippen LogP contribution in [0.1, 0.15) is 27.0 Å². The average Bonchev–Trinajstić information content (AvgIpc) is 3.70. The molecule has 3 aromatic heterocycles. The number of carbonyl (C=O) groups is 2. The third kappa shape index (κ3) is 4.02. The van der Waals surface area contributed by atoms with E-state index < -0.39 is 23.5 Å². The molecule has 7 nitrogen and oxygen atoms in total. The minimum atomic E-state index is -0.835. The summed E-state index contributed by atoms with van der Waals surface area (Å²) in [5, 5.41) is 22.3. The summed E-state index contributed by atoms with van der Waals surface area (Å²) in [6, 6.07) is 21.7. The van der Waals surface area contributed by atoms with Crippen LogP contribution in [0, 0.1) is 0 Å². The predicted octanol–water partition coefficient (Wildman–Crippen LogP) is 6.42. The highest BCUT2D eigenvalue weighted by molar-refractivity contribution is 8.00. The summed E-state index contributed by atoms with van der Waals surface area (Å²) in [5.41, 5.74) is 1.67. The number of furan rings is 1. The average molecular weight is 532 g/mol. The summed E-state index contributed by atoms with van der Waals surface area (Å²) in [7, 11) is 0. The first-order valence-corrected chi connectivity index (χ1v) is 13.6. The lowest BCUT2D eigenvalue weighted by molar-refractivity contribution is -0.117. The van der Waals surface area contributed by atoms with E-state index in [0.29, 0.717) is 20.8 Å². The van der Waals surface area contributed by atoms with Crippen LogP contribution in [0.4, 0.5) is 5.13 Å². The van der Waals surface area contributed by atoms with Gasteiger partial charge in [-0.3, -0.25) is 14.5 Å². The minimum absolute atomic E-state index is 0.0322. The van der Waals surface area contributed by atoms with Gasteiger partial charge in [-0.25, -0.2) is 0 Å². The van der Waals surface area contributed by atoms with Crippen molar-refractivity contribution < 1.29 is 19.1 Å². The zero-order chi connectivity index (χ0) is 24.6. The van der Waals surface area contributed by atoms with E-state index in [1.165, 1.54) is 39.3 Å². The van der Waals surface area contributed by atoms with Crippen LogP contribution in [0.3, 0.4) is 0 Å². The molecule has 178 valence electrons. The molecule has 36 heavy (non-hydrogen) atoms. The van der Waals surface area contributed by atoms with Crippen molar-refractivity contribution in [1.82, 2.24) is 10.2 Å². The maximum absolute atomic E-state index is 13.6. The Morgan fingerprint density at radius 1 is 1.06 bits per heavy atom. The molecule has 0 fully saturated rings. The van der Waals surface area contributed by atoms with Gasteiger partial charge < -0.3 is 9.52 Å². The highest BCUT2D eigenvalue weighted by Gasteiger charge is 2.47. The molecule has 1 amide bonds. The number of nitrogens with zero attached hydrogens (tertiary/aromatic N) is 3. The second kappa shape index (κ2) is 9.38. The van der Waals surface area contributed by atoms with Gasteiger partial charge in [-0.2, -0.15) is 0 Å². The van der Waals surface area contributed by atoms with Crippen molar-refractivity contribution in [3.05, 3.63) is 106 Å². The minimum Gasteiger partial charge on any atom is -0.503 e. The van der Waals surface area contributed by atoms with Crippen LogP contribution in [-0.2, 0) is 10.5 Å². The number of aliphatic hydroxyl groups is 1. The molecule has 0 unspecified atom stereocenters. The van der Waals surface area contributed by atoms with Gasteiger partial charge in [0.1, 0.15) is 11.6 Å². The van der Waals surface area contributed by atoms with Crippen molar-refractivity contribution in [2.75, 3.05) is 4.90 Å². The Bertz CT molecular complexity index is 1570. The number of thioether (sulfide) groups is 1. The molecule has 6 rings (SSSR count). The van der Waals surface area contributed by atoms with Gasteiger partial charge in [0.2, 0.25) is 10.9 Å². The number of para-hydroxylation sites is 1. The quantitative estimate of drug-likeness (QED) is 0.147. The first-order valence-electron chi connectivity index (χ1n) is 10.9. The molecular weight excluding hydrogens is 515 g/mol. The summed E-state index contributed by atoms with van der Waals surface area (Å²) in [6.07, 6.45) is 0.